The van der Waals surface area contributed by atoms with Gasteiger partial charge >= 0.3 is 21.1 Å². The summed E-state index contributed by atoms with van der Waals surface area (Å²) >= 11 is 0. The van der Waals surface area contributed by atoms with Crippen molar-refractivity contribution < 1.29 is 30.2 Å². The molecular weight excluding hydrogens is 927 g/mol. The number of nitrogens with zero attached hydrogens (tertiary/aromatic N) is 4. The van der Waals surface area contributed by atoms with E-state index in [1.165, 1.54) is 15.6 Å². The van der Waals surface area contributed by atoms with Crippen molar-refractivity contribution in [3.05, 3.63) is 206 Å². The molecule has 0 radical (unpaired) electrons. The third-order valence-corrected chi connectivity index (χ3v) is 16.7. The Morgan fingerprint density at radius 2 is 1.27 bits per heavy atom. The fourth-order valence-corrected chi connectivity index (χ4v) is 14.6. The number of para-hydroxylation sites is 2. The zero-order valence-electron chi connectivity index (χ0n) is 31.3. The first-order chi connectivity index (χ1) is 28.7. The average Bonchev–Trinajstić information content (AvgIpc) is 3.93. The van der Waals surface area contributed by atoms with Crippen molar-refractivity contribution in [1.29, 1.82) is 0 Å². The van der Waals surface area contributed by atoms with E-state index in [9.17, 15) is 0 Å². The third kappa shape index (κ3) is 5.11. The smallest absolute Gasteiger partial charge is 0.458 e. The molecule has 0 fully saturated rings. The Labute approximate surface area is 354 Å². The molecule has 4 aromatic heterocycles. The van der Waals surface area contributed by atoms with E-state index in [0.717, 1.165) is 71.6 Å². The van der Waals surface area contributed by atoms with Gasteiger partial charge in [0.05, 0.1) is 5.65 Å². The maximum atomic E-state index is 17.2. The van der Waals surface area contributed by atoms with E-state index >= 15 is 4.39 Å². The summed E-state index contributed by atoms with van der Waals surface area (Å²) < 4.78 is 28.3. The van der Waals surface area contributed by atoms with Crippen LogP contribution in [0.15, 0.2) is 182 Å². The number of pyridine rings is 2. The van der Waals surface area contributed by atoms with Gasteiger partial charge in [-0.3, -0.25) is 4.98 Å². The van der Waals surface area contributed by atoms with Crippen molar-refractivity contribution in [2.24, 2.45) is 0 Å². The average molecular weight is 958 g/mol. The van der Waals surface area contributed by atoms with E-state index in [-0.39, 0.29) is 21.1 Å². The predicted octanol–water partition coefficient (Wildman–Crippen LogP) is 9.27. The van der Waals surface area contributed by atoms with Gasteiger partial charge in [-0.25, -0.2) is 9.37 Å². The first kappa shape index (κ1) is 35.5. The number of alkyl halides is 1. The number of aromatic nitrogens is 4. The molecule has 282 valence electrons. The number of hydrogen-bond donors (Lipinski definition) is 0. The van der Waals surface area contributed by atoms with E-state index in [2.05, 4.69) is 131 Å². The van der Waals surface area contributed by atoms with E-state index in [1.807, 2.05) is 65.2 Å². The third-order valence-electron chi connectivity index (χ3n) is 11.8. The zero-order chi connectivity index (χ0) is 38.4. The van der Waals surface area contributed by atoms with Crippen LogP contribution < -0.4 is 25.5 Å². The van der Waals surface area contributed by atoms with Gasteiger partial charge in [-0.15, -0.1) is 29.1 Å². The predicted molar refractivity (Wildman–Crippen MR) is 233 cm³/mol. The Balaban J connectivity index is 0.00000397. The molecule has 0 amide bonds. The summed E-state index contributed by atoms with van der Waals surface area (Å²) in [5.41, 5.74) is 4.32. The van der Waals surface area contributed by atoms with Crippen LogP contribution in [0.25, 0.3) is 54.9 Å². The molecule has 12 rings (SSSR count). The minimum Gasteiger partial charge on any atom is -0.458 e. The van der Waals surface area contributed by atoms with Gasteiger partial charge in [0.15, 0.2) is 8.07 Å². The number of halogens is 1. The first-order valence-electron chi connectivity index (χ1n) is 19.4. The molecule has 5 heterocycles. The Bertz CT molecular complexity index is 3370. The SMILES string of the molecule is FC(c1[c-]c2c(cc1)c1ccccc1n1ccnc21)c1[c-]c2c(cc1)c1c3c(ccc1n2-c1ccccn1)Oc1ccccc1[Si]3(c1ccccc1)c1ccccc1.[Pt+2]. The van der Waals surface area contributed by atoms with Crippen molar-refractivity contribution in [1.82, 2.24) is 18.9 Å². The molecule has 11 aromatic rings. The van der Waals surface area contributed by atoms with Gasteiger partial charge in [-0.05, 0) is 67.9 Å². The molecule has 7 aromatic carbocycles. The number of imidazole rings is 1. The van der Waals surface area contributed by atoms with Crippen LogP contribution in [0.4, 0.5) is 4.39 Å². The van der Waals surface area contributed by atoms with Crippen LogP contribution in [0.2, 0.25) is 0 Å². The van der Waals surface area contributed by atoms with Crippen molar-refractivity contribution in [3.8, 4) is 17.3 Å². The zero-order valence-corrected chi connectivity index (χ0v) is 34.6. The van der Waals surface area contributed by atoms with Gasteiger partial charge in [0.25, 0.3) is 0 Å². The maximum Gasteiger partial charge on any atom is 2.00 e. The normalized spacial score (nSPS) is 13.6. The number of fused-ring (bicyclic) bond motifs is 12. The molecule has 59 heavy (non-hydrogen) atoms. The van der Waals surface area contributed by atoms with E-state index in [1.54, 1.807) is 12.4 Å². The monoisotopic (exact) mass is 957 g/mol. The molecule has 1 unspecified atom stereocenters. The molecule has 5 nitrogen and oxygen atoms in total. The summed E-state index contributed by atoms with van der Waals surface area (Å²) in [6.45, 7) is 0. The number of rotatable bonds is 5. The standard InChI is InChI=1S/C51H31FN4OSi.Pt/c52-49(33-22-24-37-38-17-7-8-18-41(38)55-30-29-54-51(55)40(37)31-33)34-23-25-39-43(32-34)56(47-21-11-12-28-53-47)42-26-27-45-50(48(39)42)58(35-13-3-1-4-14-35,36-15-5-2-6-16-36)46-20-10-9-19-44(46)57-45;/h1-30,49H;/q-2;+2. The number of benzene rings is 7. The van der Waals surface area contributed by atoms with Gasteiger partial charge < -0.3 is 13.7 Å². The van der Waals surface area contributed by atoms with E-state index < -0.39 is 14.2 Å². The largest absolute Gasteiger partial charge is 2.00 e. The molecule has 0 bridgehead atoms. The molecular formula is C51H31FN4OPtSi. The second-order valence-corrected chi connectivity index (χ2v) is 18.5. The summed E-state index contributed by atoms with van der Waals surface area (Å²) in [6.07, 6.45) is 4.01. The van der Waals surface area contributed by atoms with Gasteiger partial charge in [0.2, 0.25) is 0 Å². The summed E-state index contributed by atoms with van der Waals surface area (Å²) in [5, 5.41) is 9.67. The molecule has 1 aliphatic rings. The van der Waals surface area contributed by atoms with Crippen molar-refractivity contribution in [2.45, 2.75) is 6.17 Å². The second kappa shape index (κ2) is 13.7. The van der Waals surface area contributed by atoms with Crippen LogP contribution in [0.3, 0.4) is 0 Å². The summed E-state index contributed by atoms with van der Waals surface area (Å²) in [7, 11) is -3.06. The molecule has 8 heteroatoms. The molecule has 0 saturated carbocycles. The van der Waals surface area contributed by atoms with E-state index in [0.29, 0.717) is 11.1 Å². The van der Waals surface area contributed by atoms with Crippen LogP contribution in [0.5, 0.6) is 11.5 Å². The quantitative estimate of drug-likeness (QED) is 0.0983. The molecule has 0 N–H and O–H groups in total. The first-order valence-corrected chi connectivity index (χ1v) is 21.4. The summed E-state index contributed by atoms with van der Waals surface area (Å²) in [4.78, 5) is 9.52. The van der Waals surface area contributed by atoms with Crippen LogP contribution in [0, 0.1) is 12.1 Å². The van der Waals surface area contributed by atoms with Gasteiger partial charge in [-0.2, -0.15) is 18.2 Å². The van der Waals surface area contributed by atoms with Crippen LogP contribution in [0.1, 0.15) is 17.3 Å². The van der Waals surface area contributed by atoms with Gasteiger partial charge in [0, 0.05) is 29.6 Å². The van der Waals surface area contributed by atoms with Gasteiger partial charge in [-0.1, -0.05) is 125 Å². The van der Waals surface area contributed by atoms with Crippen LogP contribution in [-0.4, -0.2) is 27.0 Å². The molecule has 1 atom stereocenters. The fraction of sp³-hybridized carbons (Fsp3) is 0.0196. The van der Waals surface area contributed by atoms with Crippen LogP contribution in [-0.2, 0) is 21.1 Å². The Morgan fingerprint density at radius 1 is 0.576 bits per heavy atom. The maximum absolute atomic E-state index is 17.2. The Kier molecular flexibility index (Phi) is 8.26. The number of ether oxygens (including phenoxy) is 1. The van der Waals surface area contributed by atoms with Crippen molar-refractivity contribution in [2.75, 3.05) is 0 Å². The molecule has 0 spiro atoms. The summed E-state index contributed by atoms with van der Waals surface area (Å²) in [6, 6.07) is 63.4. The van der Waals surface area contributed by atoms with Crippen LogP contribution >= 0.6 is 0 Å². The molecule has 1 aliphatic heterocycles. The second-order valence-electron chi connectivity index (χ2n) is 14.8. The fourth-order valence-electron chi connectivity index (χ4n) is 9.44. The van der Waals surface area contributed by atoms with Gasteiger partial charge in [0.1, 0.15) is 23.5 Å². The molecule has 0 saturated heterocycles. The Hall–Kier alpha value is -6.66. The summed E-state index contributed by atoms with van der Waals surface area (Å²) in [5.74, 6) is 2.41. The van der Waals surface area contributed by atoms with Crippen molar-refractivity contribution >= 4 is 77.9 Å². The minimum atomic E-state index is -3.06. The molecule has 0 aliphatic carbocycles. The topological polar surface area (TPSA) is 44.4 Å². The Morgan fingerprint density at radius 3 is 2.05 bits per heavy atom. The van der Waals surface area contributed by atoms with Crippen molar-refractivity contribution in [3.63, 3.8) is 0 Å². The van der Waals surface area contributed by atoms with E-state index in [4.69, 9.17) is 9.72 Å². The minimum absolute atomic E-state index is 0. The number of hydrogen-bond acceptors (Lipinski definition) is 3.